The lowest BCUT2D eigenvalue weighted by Crippen LogP contribution is -2.53. The maximum Gasteiger partial charge on any atom is 0.406 e. The van der Waals surface area contributed by atoms with Crippen LogP contribution in [0.15, 0.2) is 24.3 Å². The first-order valence-electron chi connectivity index (χ1n) is 6.49. The van der Waals surface area contributed by atoms with Gasteiger partial charge in [-0.15, -0.1) is 0 Å². The monoisotopic (exact) mass is 273 g/mol. The molecule has 0 atom stereocenters. The Morgan fingerprint density at radius 1 is 1.05 bits per heavy atom. The molecular formula is C14H15F4N. The third kappa shape index (κ3) is 2.36. The number of alkyl halides is 3. The molecule has 1 N–H and O–H groups in total. The summed E-state index contributed by atoms with van der Waals surface area (Å²) in [7, 11) is 0. The highest BCUT2D eigenvalue weighted by Crippen LogP contribution is 2.51. The van der Waals surface area contributed by atoms with Gasteiger partial charge in [0.2, 0.25) is 0 Å². The normalized spacial score (nSPS) is 28.8. The van der Waals surface area contributed by atoms with Crippen LogP contribution in [0.25, 0.3) is 0 Å². The van der Waals surface area contributed by atoms with Crippen LogP contribution < -0.4 is 5.32 Å². The summed E-state index contributed by atoms with van der Waals surface area (Å²) in [6.45, 7) is 0. The van der Waals surface area contributed by atoms with E-state index in [0.717, 1.165) is 5.56 Å². The second kappa shape index (κ2) is 4.20. The van der Waals surface area contributed by atoms with E-state index in [1.807, 2.05) is 0 Å². The van der Waals surface area contributed by atoms with E-state index in [-0.39, 0.29) is 30.6 Å². The molecule has 0 aromatic heterocycles. The Morgan fingerprint density at radius 2 is 1.63 bits per heavy atom. The Labute approximate surface area is 109 Å². The van der Waals surface area contributed by atoms with Crippen molar-refractivity contribution in [2.45, 2.75) is 49.4 Å². The van der Waals surface area contributed by atoms with Gasteiger partial charge < -0.3 is 5.32 Å². The average molecular weight is 273 g/mol. The van der Waals surface area contributed by atoms with Crippen molar-refractivity contribution in [1.29, 1.82) is 0 Å². The summed E-state index contributed by atoms with van der Waals surface area (Å²) in [5, 5.41) is 2.76. The highest BCUT2D eigenvalue weighted by Gasteiger charge is 2.64. The molecule has 2 aliphatic carbocycles. The minimum Gasteiger partial charge on any atom is -0.301 e. The van der Waals surface area contributed by atoms with Crippen molar-refractivity contribution >= 4 is 0 Å². The Kier molecular flexibility index (Phi) is 2.85. The Hall–Kier alpha value is -1.10. The van der Waals surface area contributed by atoms with Crippen molar-refractivity contribution in [3.63, 3.8) is 0 Å². The molecule has 2 fully saturated rings. The van der Waals surface area contributed by atoms with E-state index in [1.165, 1.54) is 12.1 Å². The first kappa shape index (κ1) is 12.9. The lowest BCUT2D eigenvalue weighted by atomic mass is 9.75. The van der Waals surface area contributed by atoms with Crippen LogP contribution in [0.3, 0.4) is 0 Å². The zero-order valence-electron chi connectivity index (χ0n) is 10.3. The molecule has 1 aromatic rings. The van der Waals surface area contributed by atoms with E-state index < -0.39 is 11.7 Å². The fourth-order valence-electron chi connectivity index (χ4n) is 2.77. The third-order valence-corrected chi connectivity index (χ3v) is 4.25. The summed E-state index contributed by atoms with van der Waals surface area (Å²) in [5.41, 5.74) is -0.609. The summed E-state index contributed by atoms with van der Waals surface area (Å²) in [6, 6.07) is 6.15. The van der Waals surface area contributed by atoms with E-state index >= 15 is 0 Å². The quantitative estimate of drug-likeness (QED) is 0.827. The van der Waals surface area contributed by atoms with Gasteiger partial charge in [0, 0.05) is 6.04 Å². The molecule has 0 bridgehead atoms. The Bertz CT molecular complexity index is 455. The average Bonchev–Trinajstić information content (AvgIpc) is 3.05. The van der Waals surface area contributed by atoms with Gasteiger partial charge in [0.05, 0.1) is 0 Å². The second-order valence-electron chi connectivity index (χ2n) is 5.64. The van der Waals surface area contributed by atoms with Crippen molar-refractivity contribution in [1.82, 2.24) is 5.32 Å². The smallest absolute Gasteiger partial charge is 0.301 e. The SMILES string of the molecule is Fc1ccc(C2CC(NC3(C(F)(F)F)CC3)C2)cc1. The molecule has 0 spiro atoms. The molecule has 0 radical (unpaired) electrons. The van der Waals surface area contributed by atoms with Crippen LogP contribution in [0.2, 0.25) is 0 Å². The summed E-state index contributed by atoms with van der Waals surface area (Å²) >= 11 is 0. The van der Waals surface area contributed by atoms with Gasteiger partial charge in [0.1, 0.15) is 11.4 Å². The van der Waals surface area contributed by atoms with Crippen molar-refractivity contribution in [3.05, 3.63) is 35.6 Å². The fraction of sp³-hybridized carbons (Fsp3) is 0.571. The highest BCUT2D eigenvalue weighted by molar-refractivity contribution is 5.24. The zero-order chi connectivity index (χ0) is 13.7. The van der Waals surface area contributed by atoms with Gasteiger partial charge in [-0.05, 0) is 49.3 Å². The van der Waals surface area contributed by atoms with Gasteiger partial charge in [-0.2, -0.15) is 13.2 Å². The minimum absolute atomic E-state index is 0.0702. The number of halogens is 4. The number of rotatable bonds is 3. The molecule has 1 nitrogen and oxygen atoms in total. The number of hydrogen-bond donors (Lipinski definition) is 1. The van der Waals surface area contributed by atoms with Crippen molar-refractivity contribution < 1.29 is 17.6 Å². The van der Waals surface area contributed by atoms with Gasteiger partial charge in [-0.1, -0.05) is 12.1 Å². The van der Waals surface area contributed by atoms with Crippen molar-refractivity contribution in [3.8, 4) is 0 Å². The van der Waals surface area contributed by atoms with Gasteiger partial charge >= 0.3 is 6.18 Å². The summed E-state index contributed by atoms with van der Waals surface area (Å²) in [6.07, 6.45) is -2.37. The van der Waals surface area contributed by atoms with Crippen LogP contribution in [0.5, 0.6) is 0 Å². The molecule has 2 aliphatic rings. The Balaban J connectivity index is 1.55. The van der Waals surface area contributed by atoms with Gasteiger partial charge in [-0.3, -0.25) is 0 Å². The molecule has 104 valence electrons. The Morgan fingerprint density at radius 3 is 2.11 bits per heavy atom. The molecule has 0 aliphatic heterocycles. The highest BCUT2D eigenvalue weighted by atomic mass is 19.4. The van der Waals surface area contributed by atoms with E-state index in [4.69, 9.17) is 0 Å². The summed E-state index contributed by atoms with van der Waals surface area (Å²) in [4.78, 5) is 0. The van der Waals surface area contributed by atoms with Crippen LogP contribution in [-0.2, 0) is 0 Å². The van der Waals surface area contributed by atoms with Crippen molar-refractivity contribution in [2.24, 2.45) is 0 Å². The first-order chi connectivity index (χ1) is 8.90. The fourth-order valence-corrected chi connectivity index (χ4v) is 2.77. The first-order valence-corrected chi connectivity index (χ1v) is 6.49. The molecule has 0 amide bonds. The molecule has 19 heavy (non-hydrogen) atoms. The van der Waals surface area contributed by atoms with E-state index in [1.54, 1.807) is 12.1 Å². The maximum absolute atomic E-state index is 12.8. The van der Waals surface area contributed by atoms with Crippen LogP contribution in [0.1, 0.15) is 37.2 Å². The largest absolute Gasteiger partial charge is 0.406 e. The van der Waals surface area contributed by atoms with Gasteiger partial charge in [0.15, 0.2) is 0 Å². The zero-order valence-corrected chi connectivity index (χ0v) is 10.3. The molecule has 5 heteroatoms. The van der Waals surface area contributed by atoms with E-state index in [2.05, 4.69) is 5.32 Å². The molecule has 0 heterocycles. The minimum atomic E-state index is -4.14. The van der Waals surface area contributed by atoms with Crippen LogP contribution in [0, 0.1) is 5.82 Å². The molecule has 3 rings (SSSR count). The topological polar surface area (TPSA) is 12.0 Å². The molecule has 1 aromatic carbocycles. The predicted molar refractivity (Wildman–Crippen MR) is 63.3 cm³/mol. The van der Waals surface area contributed by atoms with Crippen LogP contribution in [0.4, 0.5) is 17.6 Å². The lowest BCUT2D eigenvalue weighted by Gasteiger charge is -2.39. The number of benzene rings is 1. The van der Waals surface area contributed by atoms with Gasteiger partial charge in [0.25, 0.3) is 0 Å². The lowest BCUT2D eigenvalue weighted by molar-refractivity contribution is -0.169. The number of hydrogen-bond acceptors (Lipinski definition) is 1. The molecule has 0 unspecified atom stereocenters. The van der Waals surface area contributed by atoms with E-state index in [0.29, 0.717) is 12.8 Å². The van der Waals surface area contributed by atoms with Gasteiger partial charge in [-0.25, -0.2) is 4.39 Å². The van der Waals surface area contributed by atoms with E-state index in [9.17, 15) is 17.6 Å². The maximum atomic E-state index is 12.8. The summed E-state index contributed by atoms with van der Waals surface area (Å²) < 4.78 is 51.1. The van der Waals surface area contributed by atoms with Crippen LogP contribution >= 0.6 is 0 Å². The second-order valence-corrected chi connectivity index (χ2v) is 5.64. The van der Waals surface area contributed by atoms with Crippen molar-refractivity contribution in [2.75, 3.05) is 0 Å². The molecule has 2 saturated carbocycles. The predicted octanol–water partition coefficient (Wildman–Crippen LogP) is 3.76. The molecule has 0 saturated heterocycles. The number of nitrogens with one attached hydrogen (secondary N) is 1. The summed E-state index contributed by atoms with van der Waals surface area (Å²) in [5.74, 6) is -0.0334. The standard InChI is InChI=1S/C14H15F4N/c15-11-3-1-9(2-4-11)10-7-12(8-10)19-13(5-6-13)14(16,17)18/h1-4,10,12,19H,5-8H2. The van der Waals surface area contributed by atoms with Crippen LogP contribution in [-0.4, -0.2) is 17.8 Å². The third-order valence-electron chi connectivity index (χ3n) is 4.25. The molecular weight excluding hydrogens is 258 g/mol.